The first kappa shape index (κ1) is 10.4. The van der Waals surface area contributed by atoms with Gasteiger partial charge < -0.3 is 14.2 Å². The van der Waals surface area contributed by atoms with Crippen LogP contribution in [0.5, 0.6) is 0 Å². The summed E-state index contributed by atoms with van der Waals surface area (Å²) in [6.07, 6.45) is 0. The standard InChI is InChI=1S/C7H14O4/c1-2-9-3-4-10-5-6-11-7-8/h7H,2-6H2,1H3. The Morgan fingerprint density at radius 2 is 1.73 bits per heavy atom. The minimum Gasteiger partial charge on any atom is -0.465 e. The average Bonchev–Trinajstić information content (AvgIpc) is 2.03. The third-order valence-corrected chi connectivity index (χ3v) is 0.990. The lowest BCUT2D eigenvalue weighted by Gasteiger charge is -2.02. The predicted octanol–water partition coefficient (Wildman–Crippen LogP) is 0.212. The van der Waals surface area contributed by atoms with E-state index >= 15 is 0 Å². The predicted molar refractivity (Wildman–Crippen MR) is 39.3 cm³/mol. The zero-order valence-electron chi connectivity index (χ0n) is 6.75. The van der Waals surface area contributed by atoms with E-state index in [2.05, 4.69) is 4.74 Å². The molecule has 0 fully saturated rings. The Bertz CT molecular complexity index is 84.5. The molecule has 0 bridgehead atoms. The molecule has 0 aliphatic rings. The first-order chi connectivity index (χ1) is 5.41. The van der Waals surface area contributed by atoms with Crippen molar-refractivity contribution < 1.29 is 19.0 Å². The van der Waals surface area contributed by atoms with Crippen molar-refractivity contribution in [1.82, 2.24) is 0 Å². The molecule has 0 saturated heterocycles. The van der Waals surface area contributed by atoms with Gasteiger partial charge in [0.25, 0.3) is 6.47 Å². The summed E-state index contributed by atoms with van der Waals surface area (Å²) in [6, 6.07) is 0. The topological polar surface area (TPSA) is 44.8 Å². The molecular weight excluding hydrogens is 148 g/mol. The summed E-state index contributed by atoms with van der Waals surface area (Å²) in [6.45, 7) is 4.94. The van der Waals surface area contributed by atoms with Crippen molar-refractivity contribution >= 4 is 6.47 Å². The van der Waals surface area contributed by atoms with Crippen LogP contribution in [-0.4, -0.2) is 39.5 Å². The van der Waals surface area contributed by atoms with E-state index in [0.717, 1.165) is 0 Å². The van der Waals surface area contributed by atoms with Gasteiger partial charge in [0, 0.05) is 6.61 Å². The lowest BCUT2D eigenvalue weighted by molar-refractivity contribution is -0.130. The molecule has 0 heterocycles. The van der Waals surface area contributed by atoms with Crippen molar-refractivity contribution in [2.24, 2.45) is 0 Å². The third kappa shape index (κ3) is 9.39. The molecule has 4 nitrogen and oxygen atoms in total. The maximum absolute atomic E-state index is 9.64. The highest BCUT2D eigenvalue weighted by molar-refractivity contribution is 5.36. The third-order valence-electron chi connectivity index (χ3n) is 0.990. The van der Waals surface area contributed by atoms with Crippen LogP contribution >= 0.6 is 0 Å². The Balaban J connectivity index is 2.74. The molecular formula is C7H14O4. The molecule has 0 unspecified atom stereocenters. The largest absolute Gasteiger partial charge is 0.465 e. The normalized spacial score (nSPS) is 9.55. The lowest BCUT2D eigenvalue weighted by Crippen LogP contribution is -2.08. The highest BCUT2D eigenvalue weighted by Gasteiger charge is 1.87. The van der Waals surface area contributed by atoms with Gasteiger partial charge in [-0.3, -0.25) is 4.79 Å². The molecule has 0 aromatic rings. The Morgan fingerprint density at radius 3 is 2.36 bits per heavy atom. The molecule has 0 aromatic heterocycles. The van der Waals surface area contributed by atoms with Crippen LogP contribution in [0.15, 0.2) is 0 Å². The van der Waals surface area contributed by atoms with E-state index in [0.29, 0.717) is 39.5 Å². The van der Waals surface area contributed by atoms with Gasteiger partial charge in [-0.25, -0.2) is 0 Å². The molecule has 0 rings (SSSR count). The van der Waals surface area contributed by atoms with Crippen LogP contribution in [0.3, 0.4) is 0 Å². The summed E-state index contributed by atoms with van der Waals surface area (Å²) in [5.41, 5.74) is 0. The van der Waals surface area contributed by atoms with Gasteiger partial charge in [0.15, 0.2) is 0 Å². The summed E-state index contributed by atoms with van der Waals surface area (Å²) in [5.74, 6) is 0. The molecule has 0 aliphatic heterocycles. The zero-order chi connectivity index (χ0) is 8.36. The fourth-order valence-electron chi connectivity index (χ4n) is 0.519. The highest BCUT2D eigenvalue weighted by atomic mass is 16.6. The maximum atomic E-state index is 9.64. The van der Waals surface area contributed by atoms with E-state index in [4.69, 9.17) is 9.47 Å². The Labute approximate surface area is 66.4 Å². The summed E-state index contributed by atoms with van der Waals surface area (Å²) in [5, 5.41) is 0. The summed E-state index contributed by atoms with van der Waals surface area (Å²) in [4.78, 5) is 9.64. The summed E-state index contributed by atoms with van der Waals surface area (Å²) >= 11 is 0. The summed E-state index contributed by atoms with van der Waals surface area (Å²) < 4.78 is 14.4. The van der Waals surface area contributed by atoms with Crippen LogP contribution in [-0.2, 0) is 19.0 Å². The van der Waals surface area contributed by atoms with E-state index in [9.17, 15) is 4.79 Å². The second-order valence-corrected chi connectivity index (χ2v) is 1.78. The van der Waals surface area contributed by atoms with Gasteiger partial charge in [-0.15, -0.1) is 0 Å². The first-order valence-electron chi connectivity index (χ1n) is 3.62. The number of carbonyl (C=O) groups excluding carboxylic acids is 1. The molecule has 0 amide bonds. The minimum atomic E-state index is 0.315. The maximum Gasteiger partial charge on any atom is 0.293 e. The Kier molecular flexibility index (Phi) is 8.87. The van der Waals surface area contributed by atoms with E-state index in [1.807, 2.05) is 6.92 Å². The van der Waals surface area contributed by atoms with E-state index in [-0.39, 0.29) is 0 Å². The van der Waals surface area contributed by atoms with Crippen molar-refractivity contribution in [2.45, 2.75) is 6.92 Å². The van der Waals surface area contributed by atoms with Crippen LogP contribution in [0.4, 0.5) is 0 Å². The molecule has 0 radical (unpaired) electrons. The zero-order valence-corrected chi connectivity index (χ0v) is 6.75. The van der Waals surface area contributed by atoms with E-state index < -0.39 is 0 Å². The van der Waals surface area contributed by atoms with Crippen LogP contribution < -0.4 is 0 Å². The van der Waals surface area contributed by atoms with Gasteiger partial charge in [-0.05, 0) is 6.92 Å². The SMILES string of the molecule is CCOCCOCCOC=O. The van der Waals surface area contributed by atoms with Gasteiger partial charge in [0.1, 0.15) is 6.61 Å². The molecule has 0 aromatic carbocycles. The van der Waals surface area contributed by atoms with Crippen LogP contribution in [0.25, 0.3) is 0 Å². The molecule has 0 aliphatic carbocycles. The minimum absolute atomic E-state index is 0.315. The number of ether oxygens (including phenoxy) is 3. The molecule has 66 valence electrons. The van der Waals surface area contributed by atoms with Gasteiger partial charge in [-0.2, -0.15) is 0 Å². The smallest absolute Gasteiger partial charge is 0.293 e. The van der Waals surface area contributed by atoms with Gasteiger partial charge >= 0.3 is 0 Å². The lowest BCUT2D eigenvalue weighted by atomic mass is 10.7. The van der Waals surface area contributed by atoms with E-state index in [1.165, 1.54) is 0 Å². The van der Waals surface area contributed by atoms with Crippen molar-refractivity contribution in [3.05, 3.63) is 0 Å². The second kappa shape index (κ2) is 9.39. The average molecular weight is 162 g/mol. The van der Waals surface area contributed by atoms with Crippen LogP contribution in [0.2, 0.25) is 0 Å². The van der Waals surface area contributed by atoms with Crippen LogP contribution in [0, 0.1) is 0 Å². The quantitative estimate of drug-likeness (QED) is 0.378. The van der Waals surface area contributed by atoms with Gasteiger partial charge in [0.05, 0.1) is 19.8 Å². The van der Waals surface area contributed by atoms with Gasteiger partial charge in [0.2, 0.25) is 0 Å². The Hall–Kier alpha value is -0.610. The fourth-order valence-corrected chi connectivity index (χ4v) is 0.519. The molecule has 0 saturated carbocycles. The van der Waals surface area contributed by atoms with Crippen molar-refractivity contribution in [3.63, 3.8) is 0 Å². The number of rotatable bonds is 8. The molecule has 0 atom stereocenters. The molecule has 4 heteroatoms. The van der Waals surface area contributed by atoms with Crippen molar-refractivity contribution in [1.29, 1.82) is 0 Å². The van der Waals surface area contributed by atoms with E-state index in [1.54, 1.807) is 0 Å². The monoisotopic (exact) mass is 162 g/mol. The van der Waals surface area contributed by atoms with Gasteiger partial charge in [-0.1, -0.05) is 0 Å². The second-order valence-electron chi connectivity index (χ2n) is 1.78. The Morgan fingerprint density at radius 1 is 1.09 bits per heavy atom. The number of hydrogen-bond acceptors (Lipinski definition) is 4. The molecule has 0 N–H and O–H groups in total. The summed E-state index contributed by atoms with van der Waals surface area (Å²) in [7, 11) is 0. The number of carbonyl (C=O) groups is 1. The molecule has 11 heavy (non-hydrogen) atoms. The fraction of sp³-hybridized carbons (Fsp3) is 0.857. The number of hydrogen-bond donors (Lipinski definition) is 0. The van der Waals surface area contributed by atoms with Crippen LogP contribution in [0.1, 0.15) is 6.92 Å². The van der Waals surface area contributed by atoms with Crippen molar-refractivity contribution in [2.75, 3.05) is 33.0 Å². The van der Waals surface area contributed by atoms with Crippen molar-refractivity contribution in [3.8, 4) is 0 Å². The molecule has 0 spiro atoms. The highest BCUT2D eigenvalue weighted by Crippen LogP contribution is 1.78. The first-order valence-corrected chi connectivity index (χ1v) is 3.62.